The lowest BCUT2D eigenvalue weighted by atomic mass is 10.0. The van der Waals surface area contributed by atoms with Crippen molar-refractivity contribution in [3.05, 3.63) is 76.5 Å². The molecule has 2 aromatic carbocycles. The van der Waals surface area contributed by atoms with Crippen molar-refractivity contribution >= 4 is 27.6 Å². The number of nitrogens with two attached hydrogens (primary N) is 1. The van der Waals surface area contributed by atoms with E-state index in [2.05, 4.69) is 72.1 Å². The Hall–Kier alpha value is -3.38. The molecule has 0 atom stereocenters. The van der Waals surface area contributed by atoms with Crippen LogP contribution in [0.1, 0.15) is 27.8 Å². The van der Waals surface area contributed by atoms with Gasteiger partial charge in [0.05, 0.1) is 5.52 Å². The smallest absolute Gasteiger partial charge is 0.150 e. The number of nitrogen functional groups attached to an aromatic ring is 1. The Bertz CT molecular complexity index is 1230. The Labute approximate surface area is 152 Å². The van der Waals surface area contributed by atoms with Gasteiger partial charge in [-0.3, -0.25) is 4.98 Å². The highest BCUT2D eigenvalue weighted by Gasteiger charge is 2.08. The van der Waals surface area contributed by atoms with Crippen LogP contribution in [-0.4, -0.2) is 9.97 Å². The predicted molar refractivity (Wildman–Crippen MR) is 108 cm³/mol. The van der Waals surface area contributed by atoms with Crippen LogP contribution in [0.4, 0.5) is 5.82 Å². The fourth-order valence-electron chi connectivity index (χ4n) is 3.18. The van der Waals surface area contributed by atoms with E-state index in [1.54, 1.807) is 6.20 Å². The predicted octanol–water partition coefficient (Wildman–Crippen LogP) is 4.69. The zero-order valence-corrected chi connectivity index (χ0v) is 15.1. The van der Waals surface area contributed by atoms with E-state index < -0.39 is 0 Å². The first kappa shape index (κ1) is 16.1. The lowest BCUT2D eigenvalue weighted by Gasteiger charge is -2.07. The van der Waals surface area contributed by atoms with Crippen molar-refractivity contribution in [1.82, 2.24) is 9.97 Å². The van der Waals surface area contributed by atoms with Crippen molar-refractivity contribution in [3.8, 4) is 11.8 Å². The number of aromatic nitrogens is 2. The van der Waals surface area contributed by atoms with Gasteiger partial charge in [-0.05, 0) is 50.1 Å². The summed E-state index contributed by atoms with van der Waals surface area (Å²) in [6.07, 6.45) is 1.76. The van der Waals surface area contributed by atoms with Crippen molar-refractivity contribution in [2.45, 2.75) is 20.8 Å². The van der Waals surface area contributed by atoms with Crippen molar-refractivity contribution in [3.63, 3.8) is 0 Å². The van der Waals surface area contributed by atoms with Crippen LogP contribution < -0.4 is 5.73 Å². The Morgan fingerprint density at radius 1 is 0.846 bits per heavy atom. The maximum Gasteiger partial charge on any atom is 0.150 e. The summed E-state index contributed by atoms with van der Waals surface area (Å²) in [5.41, 5.74) is 13.2. The van der Waals surface area contributed by atoms with E-state index in [1.165, 1.54) is 11.1 Å². The first-order chi connectivity index (χ1) is 12.5. The molecule has 0 unspecified atom stereocenters. The lowest BCUT2D eigenvalue weighted by Crippen LogP contribution is -1.96. The average molecular weight is 337 g/mol. The number of fused-ring (bicyclic) bond motifs is 3. The Morgan fingerprint density at radius 2 is 1.62 bits per heavy atom. The van der Waals surface area contributed by atoms with Gasteiger partial charge >= 0.3 is 0 Å². The molecule has 0 radical (unpaired) electrons. The van der Waals surface area contributed by atoms with E-state index in [0.717, 1.165) is 38.5 Å². The van der Waals surface area contributed by atoms with Crippen LogP contribution in [0.15, 0.2) is 48.7 Å². The normalized spacial score (nSPS) is 10.7. The van der Waals surface area contributed by atoms with Gasteiger partial charge in [-0.25, -0.2) is 4.98 Å². The fourth-order valence-corrected chi connectivity index (χ4v) is 3.18. The van der Waals surface area contributed by atoms with Gasteiger partial charge in [0.1, 0.15) is 5.52 Å². The van der Waals surface area contributed by atoms with Crippen LogP contribution in [0.3, 0.4) is 0 Å². The maximum atomic E-state index is 6.11. The van der Waals surface area contributed by atoms with Gasteiger partial charge in [0, 0.05) is 28.1 Å². The fraction of sp³-hybridized carbons (Fsp3) is 0.130. The van der Waals surface area contributed by atoms with Crippen LogP contribution in [0.2, 0.25) is 0 Å². The Balaban J connectivity index is 1.88. The van der Waals surface area contributed by atoms with E-state index in [9.17, 15) is 0 Å². The summed E-state index contributed by atoms with van der Waals surface area (Å²) < 4.78 is 0. The molecule has 3 heteroatoms. The summed E-state index contributed by atoms with van der Waals surface area (Å²) in [6.45, 7) is 6.21. The molecule has 3 nitrogen and oxygen atoms in total. The van der Waals surface area contributed by atoms with Crippen LogP contribution in [0.5, 0.6) is 0 Å². The molecule has 2 N–H and O–H groups in total. The summed E-state index contributed by atoms with van der Waals surface area (Å²) in [5, 5.41) is 2.03. The van der Waals surface area contributed by atoms with E-state index >= 15 is 0 Å². The molecule has 0 aliphatic heterocycles. The number of benzene rings is 2. The summed E-state index contributed by atoms with van der Waals surface area (Å²) >= 11 is 0. The number of nitrogens with zero attached hydrogens (tertiary/aromatic N) is 2. The van der Waals surface area contributed by atoms with Gasteiger partial charge in [0.25, 0.3) is 0 Å². The molecule has 2 aromatic heterocycles. The van der Waals surface area contributed by atoms with Crippen LogP contribution in [0, 0.1) is 32.6 Å². The third-order valence-electron chi connectivity index (χ3n) is 4.54. The van der Waals surface area contributed by atoms with Gasteiger partial charge in [0.15, 0.2) is 5.82 Å². The summed E-state index contributed by atoms with van der Waals surface area (Å²) in [4.78, 5) is 9.00. The molecule has 0 fully saturated rings. The van der Waals surface area contributed by atoms with Gasteiger partial charge < -0.3 is 5.73 Å². The largest absolute Gasteiger partial charge is 0.382 e. The van der Waals surface area contributed by atoms with Gasteiger partial charge in [-0.1, -0.05) is 41.7 Å². The second-order valence-electron chi connectivity index (χ2n) is 6.71. The third kappa shape index (κ3) is 2.87. The minimum Gasteiger partial charge on any atom is -0.382 e. The van der Waals surface area contributed by atoms with Crippen molar-refractivity contribution in [2.75, 3.05) is 5.73 Å². The number of hydrogen-bond donors (Lipinski definition) is 1. The quantitative estimate of drug-likeness (QED) is 0.374. The first-order valence-corrected chi connectivity index (χ1v) is 8.56. The highest BCUT2D eigenvalue weighted by atomic mass is 14.9. The van der Waals surface area contributed by atoms with E-state index in [-0.39, 0.29) is 0 Å². The highest BCUT2D eigenvalue weighted by molar-refractivity contribution is 6.08. The van der Waals surface area contributed by atoms with Crippen molar-refractivity contribution < 1.29 is 0 Å². The van der Waals surface area contributed by atoms with Gasteiger partial charge in [0.2, 0.25) is 0 Å². The third-order valence-corrected chi connectivity index (χ3v) is 4.54. The molecule has 0 amide bonds. The molecule has 126 valence electrons. The molecule has 4 rings (SSSR count). The molecule has 0 aliphatic rings. The molecular formula is C23H19N3. The maximum absolute atomic E-state index is 6.11. The second kappa shape index (κ2) is 6.16. The molecule has 0 aliphatic carbocycles. The molecule has 0 saturated carbocycles. The van der Waals surface area contributed by atoms with Crippen LogP contribution >= 0.6 is 0 Å². The number of pyridine rings is 2. The van der Waals surface area contributed by atoms with Crippen molar-refractivity contribution in [2.24, 2.45) is 0 Å². The topological polar surface area (TPSA) is 51.8 Å². The number of hydrogen-bond acceptors (Lipinski definition) is 3. The first-order valence-electron chi connectivity index (χ1n) is 8.56. The standard InChI is InChI=1S/C23H19N3/c1-14-4-7-18(16(3)10-14)8-6-17-12-20-19-9-5-15(2)11-21(19)26-23(24)22(20)25-13-17/h4-5,7,9-13H,1-3H3,(H2,24,26). The molecular weight excluding hydrogens is 318 g/mol. The molecule has 0 bridgehead atoms. The molecule has 26 heavy (non-hydrogen) atoms. The second-order valence-corrected chi connectivity index (χ2v) is 6.71. The van der Waals surface area contributed by atoms with Gasteiger partial charge in [-0.2, -0.15) is 0 Å². The average Bonchev–Trinajstić information content (AvgIpc) is 2.60. The Morgan fingerprint density at radius 3 is 2.42 bits per heavy atom. The van der Waals surface area contributed by atoms with Crippen molar-refractivity contribution in [1.29, 1.82) is 0 Å². The minimum atomic E-state index is 0.451. The monoisotopic (exact) mass is 337 g/mol. The molecule has 4 aromatic rings. The minimum absolute atomic E-state index is 0.451. The SMILES string of the molecule is Cc1ccc(C#Cc2cnc3c(N)nc4cc(C)ccc4c3c2)c(C)c1. The summed E-state index contributed by atoms with van der Waals surface area (Å²) in [5.74, 6) is 6.94. The summed E-state index contributed by atoms with van der Waals surface area (Å²) in [6, 6.07) is 14.5. The summed E-state index contributed by atoms with van der Waals surface area (Å²) in [7, 11) is 0. The zero-order chi connectivity index (χ0) is 18.3. The number of aryl methyl sites for hydroxylation is 3. The molecule has 0 spiro atoms. The zero-order valence-electron chi connectivity index (χ0n) is 15.1. The van der Waals surface area contributed by atoms with E-state index in [1.807, 2.05) is 13.0 Å². The van der Waals surface area contributed by atoms with Gasteiger partial charge in [-0.15, -0.1) is 0 Å². The number of anilines is 1. The molecule has 2 heterocycles. The molecule has 0 saturated heterocycles. The number of rotatable bonds is 0. The lowest BCUT2D eigenvalue weighted by molar-refractivity contribution is 1.34. The van der Waals surface area contributed by atoms with E-state index in [0.29, 0.717) is 5.82 Å². The van der Waals surface area contributed by atoms with Crippen LogP contribution in [-0.2, 0) is 0 Å². The highest BCUT2D eigenvalue weighted by Crippen LogP contribution is 2.27. The Kier molecular flexibility index (Phi) is 3.82. The van der Waals surface area contributed by atoms with Crippen LogP contribution in [0.25, 0.3) is 21.8 Å². The van der Waals surface area contributed by atoms with E-state index in [4.69, 9.17) is 5.73 Å².